The van der Waals surface area contributed by atoms with Gasteiger partial charge in [-0.1, -0.05) is 12.2 Å². The molecule has 150 valence electrons. The second-order valence-electron chi connectivity index (χ2n) is 6.57. The van der Waals surface area contributed by atoms with Crippen molar-refractivity contribution in [3.05, 3.63) is 64.7 Å². The summed E-state index contributed by atoms with van der Waals surface area (Å²) in [7, 11) is 1.63. The Morgan fingerprint density at radius 1 is 1.18 bits per heavy atom. The molecular formula is C19H19F4N3OS. The van der Waals surface area contributed by atoms with E-state index in [9.17, 15) is 17.6 Å². The SMILES string of the molecule is CN(NC(=S)c1cc(F)ccc1F)C1c2cc(F)c(F)cc2OCC1CCN. The molecular weight excluding hydrogens is 394 g/mol. The Bertz CT molecular complexity index is 896. The van der Waals surface area contributed by atoms with Gasteiger partial charge < -0.3 is 15.9 Å². The highest BCUT2D eigenvalue weighted by molar-refractivity contribution is 7.80. The van der Waals surface area contributed by atoms with Crippen molar-refractivity contribution in [2.45, 2.75) is 12.5 Å². The monoisotopic (exact) mass is 413 g/mol. The number of nitrogens with two attached hydrogens (primary N) is 1. The fourth-order valence-corrected chi connectivity index (χ4v) is 3.68. The standard InChI is InChI=1S/C19H19F4N3OS/c1-26(25-19(28)12-6-11(20)2-3-14(12)21)18-10(4-5-24)9-27-17-8-16(23)15(22)7-13(17)18/h2-3,6-8,10,18H,4-5,9,24H2,1H3,(H,25,28). The number of benzene rings is 2. The Morgan fingerprint density at radius 2 is 1.89 bits per heavy atom. The van der Waals surface area contributed by atoms with Gasteiger partial charge in [0.05, 0.1) is 12.6 Å². The van der Waals surface area contributed by atoms with Crippen LogP contribution in [0.4, 0.5) is 17.6 Å². The van der Waals surface area contributed by atoms with E-state index in [1.807, 2.05) is 0 Å². The second kappa shape index (κ2) is 8.42. The molecule has 0 radical (unpaired) electrons. The molecule has 9 heteroatoms. The summed E-state index contributed by atoms with van der Waals surface area (Å²) >= 11 is 5.21. The molecule has 1 heterocycles. The first-order valence-electron chi connectivity index (χ1n) is 8.62. The molecule has 2 unspecified atom stereocenters. The summed E-state index contributed by atoms with van der Waals surface area (Å²) in [5, 5.41) is 1.56. The molecule has 2 atom stereocenters. The van der Waals surface area contributed by atoms with E-state index in [-0.39, 0.29) is 28.8 Å². The van der Waals surface area contributed by atoms with Crippen molar-refractivity contribution in [1.82, 2.24) is 10.4 Å². The number of fused-ring (bicyclic) bond motifs is 1. The molecule has 0 bridgehead atoms. The Morgan fingerprint density at radius 3 is 2.61 bits per heavy atom. The number of hydrazine groups is 1. The smallest absolute Gasteiger partial charge is 0.162 e. The first-order valence-corrected chi connectivity index (χ1v) is 9.03. The Labute approximate surface area is 165 Å². The van der Waals surface area contributed by atoms with Crippen LogP contribution in [-0.2, 0) is 0 Å². The van der Waals surface area contributed by atoms with E-state index in [2.05, 4.69) is 5.43 Å². The quantitative estimate of drug-likeness (QED) is 0.447. The van der Waals surface area contributed by atoms with Gasteiger partial charge in [0.1, 0.15) is 22.4 Å². The average Bonchev–Trinajstić information content (AvgIpc) is 2.64. The van der Waals surface area contributed by atoms with Gasteiger partial charge in [-0.3, -0.25) is 0 Å². The zero-order valence-electron chi connectivity index (χ0n) is 15.0. The topological polar surface area (TPSA) is 50.5 Å². The predicted molar refractivity (Wildman–Crippen MR) is 101 cm³/mol. The van der Waals surface area contributed by atoms with Crippen LogP contribution in [0.2, 0.25) is 0 Å². The zero-order valence-corrected chi connectivity index (χ0v) is 15.8. The highest BCUT2D eigenvalue weighted by atomic mass is 32.1. The first-order chi connectivity index (χ1) is 13.3. The van der Waals surface area contributed by atoms with E-state index >= 15 is 0 Å². The molecule has 0 fully saturated rings. The van der Waals surface area contributed by atoms with Gasteiger partial charge in [0.15, 0.2) is 11.6 Å². The van der Waals surface area contributed by atoms with E-state index in [0.717, 1.165) is 30.3 Å². The van der Waals surface area contributed by atoms with Crippen LogP contribution in [0.3, 0.4) is 0 Å². The normalized spacial score (nSPS) is 18.5. The van der Waals surface area contributed by atoms with Gasteiger partial charge in [-0.2, -0.15) is 0 Å². The van der Waals surface area contributed by atoms with Crippen LogP contribution in [0.15, 0.2) is 30.3 Å². The number of nitrogens with zero attached hydrogens (tertiary/aromatic N) is 1. The van der Waals surface area contributed by atoms with Gasteiger partial charge in [0, 0.05) is 30.2 Å². The highest BCUT2D eigenvalue weighted by Gasteiger charge is 2.35. The summed E-state index contributed by atoms with van der Waals surface area (Å²) in [6.07, 6.45) is 0.552. The molecule has 0 aromatic heterocycles. The van der Waals surface area contributed by atoms with Gasteiger partial charge in [-0.25, -0.2) is 22.6 Å². The maximum atomic E-state index is 14.0. The fourth-order valence-electron chi connectivity index (χ4n) is 3.38. The van der Waals surface area contributed by atoms with Crippen molar-refractivity contribution in [1.29, 1.82) is 0 Å². The van der Waals surface area contributed by atoms with E-state index < -0.39 is 29.3 Å². The van der Waals surface area contributed by atoms with Crippen LogP contribution in [0.5, 0.6) is 5.75 Å². The molecule has 3 rings (SSSR count). The number of nitrogens with one attached hydrogen (secondary N) is 1. The number of hydrogen-bond acceptors (Lipinski definition) is 4. The Hall–Kier alpha value is -2.23. The molecule has 28 heavy (non-hydrogen) atoms. The summed E-state index contributed by atoms with van der Waals surface area (Å²) in [6.45, 7) is 0.605. The Kier molecular flexibility index (Phi) is 6.17. The summed E-state index contributed by atoms with van der Waals surface area (Å²) in [5.41, 5.74) is 8.84. The maximum absolute atomic E-state index is 14.0. The van der Waals surface area contributed by atoms with Crippen molar-refractivity contribution >= 4 is 17.2 Å². The van der Waals surface area contributed by atoms with Crippen molar-refractivity contribution in [2.75, 3.05) is 20.2 Å². The third-order valence-electron chi connectivity index (χ3n) is 4.68. The van der Waals surface area contributed by atoms with Crippen LogP contribution in [0, 0.1) is 29.2 Å². The minimum atomic E-state index is -1.01. The summed E-state index contributed by atoms with van der Waals surface area (Å²) in [4.78, 5) is -0.0402. The molecule has 2 aromatic rings. The first kappa shape index (κ1) is 20.5. The lowest BCUT2D eigenvalue weighted by molar-refractivity contribution is 0.0783. The fraction of sp³-hybridized carbons (Fsp3) is 0.316. The molecule has 0 saturated heterocycles. The Balaban J connectivity index is 1.91. The van der Waals surface area contributed by atoms with E-state index in [0.29, 0.717) is 18.5 Å². The predicted octanol–water partition coefficient (Wildman–Crippen LogP) is 3.45. The van der Waals surface area contributed by atoms with Crippen LogP contribution in [-0.4, -0.2) is 30.2 Å². The number of thiocarbonyl (C=S) groups is 1. The minimum Gasteiger partial charge on any atom is -0.493 e. The molecule has 3 N–H and O–H groups in total. The molecule has 1 aliphatic heterocycles. The van der Waals surface area contributed by atoms with Gasteiger partial charge >= 0.3 is 0 Å². The van der Waals surface area contributed by atoms with Gasteiger partial charge in [0.25, 0.3) is 0 Å². The van der Waals surface area contributed by atoms with Crippen molar-refractivity contribution < 1.29 is 22.3 Å². The zero-order chi connectivity index (χ0) is 20.4. The third kappa shape index (κ3) is 4.11. The lowest BCUT2D eigenvalue weighted by atomic mass is 9.88. The molecule has 2 aromatic carbocycles. The van der Waals surface area contributed by atoms with Crippen molar-refractivity contribution in [3.8, 4) is 5.75 Å². The third-order valence-corrected chi connectivity index (χ3v) is 4.99. The number of hydrogen-bond donors (Lipinski definition) is 2. The summed E-state index contributed by atoms with van der Waals surface area (Å²) in [6, 6.07) is 4.56. The minimum absolute atomic E-state index is 0.0402. The number of ether oxygens (including phenoxy) is 1. The molecule has 0 amide bonds. The number of rotatable bonds is 5. The maximum Gasteiger partial charge on any atom is 0.162 e. The van der Waals surface area contributed by atoms with E-state index in [4.69, 9.17) is 22.7 Å². The lowest BCUT2D eigenvalue weighted by Crippen LogP contribution is -2.47. The lowest BCUT2D eigenvalue weighted by Gasteiger charge is -2.39. The van der Waals surface area contributed by atoms with Crippen molar-refractivity contribution in [3.63, 3.8) is 0 Å². The molecule has 0 spiro atoms. The van der Waals surface area contributed by atoms with E-state index in [1.165, 1.54) is 0 Å². The van der Waals surface area contributed by atoms with Crippen LogP contribution < -0.4 is 15.9 Å². The molecule has 4 nitrogen and oxygen atoms in total. The van der Waals surface area contributed by atoms with Gasteiger partial charge in [-0.15, -0.1) is 0 Å². The molecule has 0 saturated carbocycles. The largest absolute Gasteiger partial charge is 0.493 e. The van der Waals surface area contributed by atoms with Gasteiger partial charge in [-0.05, 0) is 37.2 Å². The van der Waals surface area contributed by atoms with Crippen LogP contribution in [0.25, 0.3) is 0 Å². The van der Waals surface area contributed by atoms with Crippen LogP contribution in [0.1, 0.15) is 23.6 Å². The molecule has 1 aliphatic rings. The molecule has 0 aliphatic carbocycles. The van der Waals surface area contributed by atoms with E-state index in [1.54, 1.807) is 12.1 Å². The highest BCUT2D eigenvalue weighted by Crippen LogP contribution is 2.40. The van der Waals surface area contributed by atoms with Crippen LogP contribution >= 0.6 is 12.2 Å². The van der Waals surface area contributed by atoms with Gasteiger partial charge in [0.2, 0.25) is 0 Å². The average molecular weight is 413 g/mol. The van der Waals surface area contributed by atoms with Crippen molar-refractivity contribution in [2.24, 2.45) is 11.7 Å². The number of halogens is 4. The summed E-state index contributed by atoms with van der Waals surface area (Å²) < 4.78 is 60.5. The second-order valence-corrected chi connectivity index (χ2v) is 6.98. The summed E-state index contributed by atoms with van der Waals surface area (Å²) in [5.74, 6) is -3.26.